The van der Waals surface area contributed by atoms with Crippen LogP contribution in [0.2, 0.25) is 0 Å². The zero-order chi connectivity index (χ0) is 12.6. The van der Waals surface area contributed by atoms with Crippen molar-refractivity contribution in [2.24, 2.45) is 11.8 Å². The lowest BCUT2D eigenvalue weighted by Gasteiger charge is -2.13. The molecule has 0 saturated carbocycles. The van der Waals surface area contributed by atoms with E-state index in [9.17, 15) is 9.59 Å². The van der Waals surface area contributed by atoms with Gasteiger partial charge >= 0.3 is 5.97 Å². The second-order valence-electron chi connectivity index (χ2n) is 4.31. The van der Waals surface area contributed by atoms with E-state index in [1.54, 1.807) is 6.92 Å². The Hall–Kier alpha value is -1.06. The van der Waals surface area contributed by atoms with E-state index in [0.717, 1.165) is 12.8 Å². The third kappa shape index (κ3) is 5.73. The average Bonchev–Trinajstić information content (AvgIpc) is 2.24. The van der Waals surface area contributed by atoms with Crippen molar-refractivity contribution < 1.29 is 14.3 Å². The van der Waals surface area contributed by atoms with E-state index >= 15 is 0 Å². The maximum atomic E-state index is 11.6. The van der Waals surface area contributed by atoms with Crippen LogP contribution in [-0.4, -0.2) is 25.5 Å². The van der Waals surface area contributed by atoms with E-state index in [2.05, 4.69) is 23.9 Å². The first kappa shape index (κ1) is 14.9. The van der Waals surface area contributed by atoms with Crippen molar-refractivity contribution in [1.29, 1.82) is 0 Å². The molecule has 0 aliphatic heterocycles. The SMILES string of the molecule is CCC(C(=O)NCCCC(C)C)C(=O)OC. The molecular weight excluding hydrogens is 206 g/mol. The molecule has 4 nitrogen and oxygen atoms in total. The van der Waals surface area contributed by atoms with Crippen molar-refractivity contribution in [3.63, 3.8) is 0 Å². The van der Waals surface area contributed by atoms with Crippen molar-refractivity contribution in [2.45, 2.75) is 40.0 Å². The molecule has 1 N–H and O–H groups in total. The van der Waals surface area contributed by atoms with Crippen LogP contribution in [0, 0.1) is 11.8 Å². The summed E-state index contributed by atoms with van der Waals surface area (Å²) in [5, 5.41) is 2.76. The molecule has 4 heteroatoms. The van der Waals surface area contributed by atoms with Crippen LogP contribution in [0.1, 0.15) is 40.0 Å². The topological polar surface area (TPSA) is 55.4 Å². The highest BCUT2D eigenvalue weighted by Crippen LogP contribution is 2.06. The van der Waals surface area contributed by atoms with Crippen molar-refractivity contribution in [3.8, 4) is 0 Å². The Labute approximate surface area is 97.7 Å². The summed E-state index contributed by atoms with van der Waals surface area (Å²) in [7, 11) is 1.30. The number of rotatable bonds is 7. The molecule has 0 saturated heterocycles. The minimum atomic E-state index is -0.663. The molecule has 0 aromatic rings. The summed E-state index contributed by atoms with van der Waals surface area (Å²) in [5.41, 5.74) is 0. The van der Waals surface area contributed by atoms with E-state index in [-0.39, 0.29) is 5.91 Å². The molecule has 1 unspecified atom stereocenters. The average molecular weight is 229 g/mol. The van der Waals surface area contributed by atoms with E-state index in [0.29, 0.717) is 18.9 Å². The molecule has 1 atom stereocenters. The van der Waals surface area contributed by atoms with Crippen molar-refractivity contribution in [1.82, 2.24) is 5.32 Å². The fourth-order valence-electron chi connectivity index (χ4n) is 1.45. The predicted molar refractivity (Wildman–Crippen MR) is 62.9 cm³/mol. The number of hydrogen-bond acceptors (Lipinski definition) is 3. The molecule has 16 heavy (non-hydrogen) atoms. The van der Waals surface area contributed by atoms with Gasteiger partial charge in [0.15, 0.2) is 0 Å². The Morgan fingerprint density at radius 1 is 1.31 bits per heavy atom. The summed E-state index contributed by atoms with van der Waals surface area (Å²) in [4.78, 5) is 22.8. The third-order valence-corrected chi connectivity index (χ3v) is 2.47. The molecule has 0 bridgehead atoms. The monoisotopic (exact) mass is 229 g/mol. The van der Waals surface area contributed by atoms with Gasteiger partial charge < -0.3 is 10.1 Å². The zero-order valence-corrected chi connectivity index (χ0v) is 10.7. The second-order valence-corrected chi connectivity index (χ2v) is 4.31. The van der Waals surface area contributed by atoms with Crippen molar-refractivity contribution in [2.75, 3.05) is 13.7 Å². The quantitative estimate of drug-likeness (QED) is 0.411. The maximum absolute atomic E-state index is 11.6. The van der Waals surface area contributed by atoms with Crippen molar-refractivity contribution >= 4 is 11.9 Å². The highest BCUT2D eigenvalue weighted by atomic mass is 16.5. The standard InChI is InChI=1S/C12H23NO3/c1-5-10(12(15)16-4)11(14)13-8-6-7-9(2)3/h9-10H,5-8H2,1-4H3,(H,13,14). The van der Waals surface area contributed by atoms with Gasteiger partial charge in [0.25, 0.3) is 0 Å². The molecule has 0 aliphatic rings. The van der Waals surface area contributed by atoms with Gasteiger partial charge in [-0.25, -0.2) is 0 Å². The number of ether oxygens (including phenoxy) is 1. The van der Waals surface area contributed by atoms with E-state index < -0.39 is 11.9 Å². The van der Waals surface area contributed by atoms with E-state index in [4.69, 9.17) is 0 Å². The van der Waals surface area contributed by atoms with Crippen LogP contribution in [0.25, 0.3) is 0 Å². The first-order chi connectivity index (χ1) is 7.52. The lowest BCUT2D eigenvalue weighted by molar-refractivity contribution is -0.150. The number of carbonyl (C=O) groups excluding carboxylic acids is 2. The number of methoxy groups -OCH3 is 1. The second kappa shape index (κ2) is 8.13. The fourth-order valence-corrected chi connectivity index (χ4v) is 1.45. The molecule has 0 heterocycles. The molecule has 0 rings (SSSR count). The summed E-state index contributed by atoms with van der Waals surface area (Å²) < 4.78 is 4.57. The van der Waals surface area contributed by atoms with Crippen LogP contribution < -0.4 is 5.32 Å². The van der Waals surface area contributed by atoms with Crippen LogP contribution in [-0.2, 0) is 14.3 Å². The Morgan fingerprint density at radius 2 is 1.94 bits per heavy atom. The third-order valence-electron chi connectivity index (χ3n) is 2.47. The van der Waals surface area contributed by atoms with Gasteiger partial charge in [-0.05, 0) is 25.2 Å². The first-order valence-electron chi connectivity index (χ1n) is 5.88. The van der Waals surface area contributed by atoms with Crippen LogP contribution in [0.15, 0.2) is 0 Å². The van der Waals surface area contributed by atoms with Gasteiger partial charge in [0.1, 0.15) is 5.92 Å². The lowest BCUT2D eigenvalue weighted by atomic mass is 10.1. The van der Waals surface area contributed by atoms with Gasteiger partial charge in [0, 0.05) is 6.54 Å². The number of hydrogen-bond donors (Lipinski definition) is 1. The molecule has 0 aromatic carbocycles. The molecule has 0 aromatic heterocycles. The minimum Gasteiger partial charge on any atom is -0.468 e. The number of carbonyl (C=O) groups is 2. The summed E-state index contributed by atoms with van der Waals surface area (Å²) in [6.45, 7) is 6.72. The van der Waals surface area contributed by atoms with Gasteiger partial charge in [-0.1, -0.05) is 20.8 Å². The predicted octanol–water partition coefficient (Wildman–Crippen LogP) is 1.74. The highest BCUT2D eigenvalue weighted by molar-refractivity contribution is 5.97. The summed E-state index contributed by atoms with van der Waals surface area (Å²) >= 11 is 0. The van der Waals surface area contributed by atoms with Crippen LogP contribution in [0.5, 0.6) is 0 Å². The number of nitrogens with one attached hydrogen (secondary N) is 1. The van der Waals surface area contributed by atoms with Gasteiger partial charge in [-0.2, -0.15) is 0 Å². The number of esters is 1. The van der Waals surface area contributed by atoms with E-state index in [1.165, 1.54) is 7.11 Å². The normalized spacial score (nSPS) is 12.3. The molecule has 1 amide bonds. The minimum absolute atomic E-state index is 0.224. The molecule has 94 valence electrons. The van der Waals surface area contributed by atoms with Crippen molar-refractivity contribution in [3.05, 3.63) is 0 Å². The van der Waals surface area contributed by atoms with E-state index in [1.807, 2.05) is 0 Å². The summed E-state index contributed by atoms with van der Waals surface area (Å²) in [5.74, 6) is -0.703. The summed E-state index contributed by atoms with van der Waals surface area (Å²) in [6, 6.07) is 0. The van der Waals surface area contributed by atoms with Gasteiger partial charge in [-0.3, -0.25) is 9.59 Å². The smallest absolute Gasteiger partial charge is 0.318 e. The molecule has 0 fully saturated rings. The largest absolute Gasteiger partial charge is 0.468 e. The Bertz CT molecular complexity index is 226. The zero-order valence-electron chi connectivity index (χ0n) is 10.7. The fraction of sp³-hybridized carbons (Fsp3) is 0.833. The first-order valence-corrected chi connectivity index (χ1v) is 5.88. The maximum Gasteiger partial charge on any atom is 0.318 e. The molecule has 0 radical (unpaired) electrons. The summed E-state index contributed by atoms with van der Waals surface area (Å²) in [6.07, 6.45) is 2.50. The Morgan fingerprint density at radius 3 is 2.38 bits per heavy atom. The Kier molecular flexibility index (Phi) is 7.60. The molecule has 0 spiro atoms. The molecular formula is C12H23NO3. The van der Waals surface area contributed by atoms with Crippen LogP contribution in [0.4, 0.5) is 0 Å². The van der Waals surface area contributed by atoms with Crippen LogP contribution in [0.3, 0.4) is 0 Å². The molecule has 0 aliphatic carbocycles. The van der Waals surface area contributed by atoms with Gasteiger partial charge in [0.05, 0.1) is 7.11 Å². The van der Waals surface area contributed by atoms with Gasteiger partial charge in [-0.15, -0.1) is 0 Å². The lowest BCUT2D eigenvalue weighted by Crippen LogP contribution is -2.36. The number of amides is 1. The Balaban J connectivity index is 3.89. The van der Waals surface area contributed by atoms with Crippen LogP contribution >= 0.6 is 0 Å². The van der Waals surface area contributed by atoms with Gasteiger partial charge in [0.2, 0.25) is 5.91 Å². The highest BCUT2D eigenvalue weighted by Gasteiger charge is 2.24.